The van der Waals surface area contributed by atoms with Gasteiger partial charge in [0.15, 0.2) is 5.78 Å². The van der Waals surface area contributed by atoms with E-state index in [0.717, 1.165) is 37.8 Å². The van der Waals surface area contributed by atoms with Crippen LogP contribution in [-0.4, -0.2) is 30.9 Å². The molecule has 0 aromatic carbocycles. The highest BCUT2D eigenvalue weighted by molar-refractivity contribution is 6.12. The van der Waals surface area contributed by atoms with E-state index in [4.69, 9.17) is 13.9 Å². The van der Waals surface area contributed by atoms with Gasteiger partial charge in [0.05, 0.1) is 18.6 Å². The molecule has 1 aromatic heterocycles. The predicted octanol–water partition coefficient (Wildman–Crippen LogP) is 4.08. The van der Waals surface area contributed by atoms with Crippen LogP contribution in [0.2, 0.25) is 0 Å². The maximum Gasteiger partial charge on any atom is 0.337 e. The number of Topliss-reactive ketones (excluding diaryl/α,β-unsaturated/α-hetero) is 1. The summed E-state index contributed by atoms with van der Waals surface area (Å²) in [5.41, 5.74) is 2.15. The van der Waals surface area contributed by atoms with E-state index < -0.39 is 23.8 Å². The van der Waals surface area contributed by atoms with Gasteiger partial charge in [-0.3, -0.25) is 9.59 Å². The van der Waals surface area contributed by atoms with Crippen molar-refractivity contribution < 1.29 is 28.3 Å². The molecule has 1 fully saturated rings. The number of carbonyl (C=O) groups is 3. The summed E-state index contributed by atoms with van der Waals surface area (Å²) in [5.74, 6) is -1.99. The van der Waals surface area contributed by atoms with Crippen molar-refractivity contribution in [1.82, 2.24) is 5.32 Å². The highest BCUT2D eigenvalue weighted by Crippen LogP contribution is 2.46. The fourth-order valence-electron chi connectivity index (χ4n) is 5.24. The molecule has 4 rings (SSSR count). The molecule has 7 heteroatoms. The van der Waals surface area contributed by atoms with Crippen molar-refractivity contribution in [2.75, 3.05) is 7.11 Å². The van der Waals surface area contributed by atoms with E-state index >= 15 is 0 Å². The molecule has 2 aliphatic carbocycles. The Kier molecular flexibility index (Phi) is 6.26. The van der Waals surface area contributed by atoms with E-state index in [1.165, 1.54) is 7.11 Å². The highest BCUT2D eigenvalue weighted by Gasteiger charge is 2.48. The van der Waals surface area contributed by atoms with E-state index in [-0.39, 0.29) is 17.8 Å². The molecule has 172 valence electrons. The van der Waals surface area contributed by atoms with Crippen molar-refractivity contribution in [2.45, 2.75) is 71.3 Å². The molecule has 1 aliphatic heterocycles. The first kappa shape index (κ1) is 22.4. The number of esters is 2. The van der Waals surface area contributed by atoms with Gasteiger partial charge in [0.25, 0.3) is 0 Å². The number of ketones is 1. The minimum Gasteiger partial charge on any atom is -0.468 e. The number of dihydropyridines is 1. The van der Waals surface area contributed by atoms with Gasteiger partial charge < -0.3 is 19.2 Å². The molecular weight excluding hydrogens is 410 g/mol. The Hall–Kier alpha value is -2.83. The minimum absolute atomic E-state index is 0.115. The molecule has 0 unspecified atom stereocenters. The third-order valence-corrected chi connectivity index (χ3v) is 6.83. The molecule has 7 nitrogen and oxygen atoms in total. The number of furan rings is 1. The van der Waals surface area contributed by atoms with E-state index in [1.54, 1.807) is 6.07 Å². The van der Waals surface area contributed by atoms with Gasteiger partial charge in [-0.1, -0.05) is 13.3 Å². The Bertz CT molecular complexity index is 994. The van der Waals surface area contributed by atoms with E-state index in [9.17, 15) is 14.4 Å². The molecule has 0 bridgehead atoms. The zero-order valence-corrected chi connectivity index (χ0v) is 19.2. The number of ether oxygens (including phenoxy) is 2. The summed E-state index contributed by atoms with van der Waals surface area (Å²) >= 11 is 0. The fourth-order valence-corrected chi connectivity index (χ4v) is 5.24. The van der Waals surface area contributed by atoms with Gasteiger partial charge in [0.1, 0.15) is 23.5 Å². The van der Waals surface area contributed by atoms with Gasteiger partial charge in [0.2, 0.25) is 0 Å². The van der Waals surface area contributed by atoms with Gasteiger partial charge in [-0.15, -0.1) is 0 Å². The van der Waals surface area contributed by atoms with Crippen molar-refractivity contribution >= 4 is 17.7 Å². The summed E-state index contributed by atoms with van der Waals surface area (Å²) in [7, 11) is 1.29. The third-order valence-electron chi connectivity index (χ3n) is 6.83. The molecule has 0 spiro atoms. The standard InChI is InChI=1S/C25H31NO6/c1-13-12-17-21(23(27)19(13)24(28)30-4)22(18-11-10-14(2)31-18)20(15(3)26-17)25(29)32-16-8-6-5-7-9-16/h10-11,13,16,19,22,26H,5-9,12H2,1-4H3/t13-,19-,22+/m0/s1. The lowest BCUT2D eigenvalue weighted by Crippen LogP contribution is -2.43. The number of rotatable bonds is 4. The first-order valence-corrected chi connectivity index (χ1v) is 11.4. The molecule has 1 N–H and O–H groups in total. The number of carbonyl (C=O) groups excluding carboxylic acids is 3. The molecule has 1 aromatic rings. The summed E-state index contributed by atoms with van der Waals surface area (Å²) in [6.45, 7) is 5.51. The molecule has 2 heterocycles. The summed E-state index contributed by atoms with van der Waals surface area (Å²) in [5, 5.41) is 3.28. The summed E-state index contributed by atoms with van der Waals surface area (Å²) in [6, 6.07) is 3.60. The van der Waals surface area contributed by atoms with E-state index in [0.29, 0.717) is 34.8 Å². The lowest BCUT2D eigenvalue weighted by Gasteiger charge is -2.37. The smallest absolute Gasteiger partial charge is 0.337 e. The zero-order valence-electron chi connectivity index (χ0n) is 19.2. The first-order chi connectivity index (χ1) is 15.3. The van der Waals surface area contributed by atoms with Crippen LogP contribution in [0.25, 0.3) is 0 Å². The Balaban J connectivity index is 1.75. The lowest BCUT2D eigenvalue weighted by molar-refractivity contribution is -0.151. The van der Waals surface area contributed by atoms with Gasteiger partial charge in [-0.05, 0) is 64.0 Å². The van der Waals surface area contributed by atoms with Crippen LogP contribution in [0.1, 0.15) is 69.8 Å². The molecule has 3 atom stereocenters. The van der Waals surface area contributed by atoms with Crippen molar-refractivity contribution in [1.29, 1.82) is 0 Å². The molecule has 0 radical (unpaired) electrons. The maximum atomic E-state index is 13.6. The molecule has 0 saturated heterocycles. The van der Waals surface area contributed by atoms with Crippen LogP contribution < -0.4 is 5.32 Å². The Morgan fingerprint density at radius 1 is 1.12 bits per heavy atom. The number of hydrogen-bond acceptors (Lipinski definition) is 7. The zero-order chi connectivity index (χ0) is 23.0. The molecule has 0 amide bonds. The topological polar surface area (TPSA) is 94.8 Å². The predicted molar refractivity (Wildman–Crippen MR) is 116 cm³/mol. The van der Waals surface area contributed by atoms with Crippen molar-refractivity contribution in [2.24, 2.45) is 11.8 Å². The van der Waals surface area contributed by atoms with Crippen LogP contribution in [0.3, 0.4) is 0 Å². The Morgan fingerprint density at radius 3 is 2.47 bits per heavy atom. The second-order valence-electron chi connectivity index (χ2n) is 9.15. The lowest BCUT2D eigenvalue weighted by atomic mass is 9.70. The van der Waals surface area contributed by atoms with Gasteiger partial charge in [-0.25, -0.2) is 4.79 Å². The van der Waals surface area contributed by atoms with Gasteiger partial charge >= 0.3 is 11.9 Å². The molecular formula is C25H31NO6. The van der Waals surface area contributed by atoms with Crippen LogP contribution in [0.5, 0.6) is 0 Å². The Morgan fingerprint density at radius 2 is 1.84 bits per heavy atom. The molecule has 3 aliphatic rings. The van der Waals surface area contributed by atoms with Crippen LogP contribution >= 0.6 is 0 Å². The van der Waals surface area contributed by atoms with E-state index in [1.807, 2.05) is 26.8 Å². The van der Waals surface area contributed by atoms with Crippen molar-refractivity contribution in [3.8, 4) is 0 Å². The van der Waals surface area contributed by atoms with Crippen LogP contribution in [-0.2, 0) is 23.9 Å². The van der Waals surface area contributed by atoms with E-state index in [2.05, 4.69) is 5.32 Å². The SMILES string of the molecule is COC(=O)[C@@H]1C(=O)C2=C(C[C@@H]1C)NC(C)=C(C(=O)OC1CCCCC1)[C@H]2c1ccc(C)o1. The highest BCUT2D eigenvalue weighted by atomic mass is 16.5. The average molecular weight is 442 g/mol. The second kappa shape index (κ2) is 8.96. The number of methoxy groups -OCH3 is 1. The number of aryl methyl sites for hydroxylation is 1. The third kappa shape index (κ3) is 4.00. The number of allylic oxidation sites excluding steroid dienone is 3. The second-order valence-corrected chi connectivity index (χ2v) is 9.15. The quantitative estimate of drug-likeness (QED) is 0.556. The average Bonchev–Trinajstić information content (AvgIpc) is 3.19. The summed E-state index contributed by atoms with van der Waals surface area (Å²) < 4.78 is 16.7. The number of nitrogens with one attached hydrogen (secondary N) is 1. The fraction of sp³-hybridized carbons (Fsp3) is 0.560. The normalized spacial score (nSPS) is 26.5. The number of hydrogen-bond donors (Lipinski definition) is 1. The summed E-state index contributed by atoms with van der Waals surface area (Å²) in [6.07, 6.45) is 5.33. The molecule has 32 heavy (non-hydrogen) atoms. The van der Waals surface area contributed by atoms with Crippen molar-refractivity contribution in [3.63, 3.8) is 0 Å². The van der Waals surface area contributed by atoms with Crippen LogP contribution in [0, 0.1) is 18.8 Å². The molecule has 1 saturated carbocycles. The Labute approximate surface area is 188 Å². The monoisotopic (exact) mass is 441 g/mol. The van der Waals surface area contributed by atoms with Crippen LogP contribution in [0.15, 0.2) is 39.1 Å². The van der Waals surface area contributed by atoms with Crippen molar-refractivity contribution in [3.05, 3.63) is 46.2 Å². The largest absolute Gasteiger partial charge is 0.468 e. The minimum atomic E-state index is -0.909. The van der Waals surface area contributed by atoms with Gasteiger partial charge in [-0.2, -0.15) is 0 Å². The maximum absolute atomic E-state index is 13.6. The summed E-state index contributed by atoms with van der Waals surface area (Å²) in [4.78, 5) is 39.4. The first-order valence-electron chi connectivity index (χ1n) is 11.4. The van der Waals surface area contributed by atoms with Gasteiger partial charge in [0, 0.05) is 17.0 Å². The van der Waals surface area contributed by atoms with Crippen LogP contribution in [0.4, 0.5) is 0 Å².